The van der Waals surface area contributed by atoms with Crippen molar-refractivity contribution in [1.82, 2.24) is 4.31 Å². The highest BCUT2D eigenvalue weighted by Crippen LogP contribution is 2.34. The Balaban J connectivity index is 2.42. The van der Waals surface area contributed by atoms with Gasteiger partial charge in [0.05, 0.1) is 28.2 Å². The van der Waals surface area contributed by atoms with Crippen molar-refractivity contribution >= 4 is 43.2 Å². The van der Waals surface area contributed by atoms with Gasteiger partial charge in [0.2, 0.25) is 10.0 Å². The molecule has 1 saturated heterocycles. The molecule has 0 radical (unpaired) electrons. The standard InChI is InChI=1S/C12H16BrClN2O4S/c1-7-4-16(5-9(6-17)20-7)21(18,19)11-3-8(14)2-10(15)12(11)13/h2-3,7,9,17H,4-6,15H2,1H3. The Morgan fingerprint density at radius 1 is 1.52 bits per heavy atom. The highest BCUT2D eigenvalue weighted by Gasteiger charge is 2.35. The number of nitrogens with zero attached hydrogens (tertiary/aromatic N) is 1. The van der Waals surface area contributed by atoms with E-state index in [1.807, 2.05) is 0 Å². The number of nitrogens with two attached hydrogens (primary N) is 1. The summed E-state index contributed by atoms with van der Waals surface area (Å²) in [5.41, 5.74) is 6.00. The van der Waals surface area contributed by atoms with Crippen LogP contribution in [0.25, 0.3) is 0 Å². The van der Waals surface area contributed by atoms with Gasteiger partial charge in [0.1, 0.15) is 0 Å². The Hall–Kier alpha value is -0.380. The molecule has 2 rings (SSSR count). The number of halogens is 2. The van der Waals surface area contributed by atoms with Crippen molar-refractivity contribution in [2.24, 2.45) is 0 Å². The third kappa shape index (κ3) is 3.52. The fourth-order valence-electron chi connectivity index (χ4n) is 2.21. The second-order valence-electron chi connectivity index (χ2n) is 4.88. The number of hydrogen-bond acceptors (Lipinski definition) is 5. The minimum atomic E-state index is -3.78. The Labute approximate surface area is 137 Å². The molecule has 1 fully saturated rings. The van der Waals surface area contributed by atoms with E-state index in [4.69, 9.17) is 22.1 Å². The lowest BCUT2D eigenvalue weighted by Crippen LogP contribution is -2.50. The van der Waals surface area contributed by atoms with Crippen LogP contribution in [0.1, 0.15) is 6.92 Å². The van der Waals surface area contributed by atoms with E-state index in [1.54, 1.807) is 6.92 Å². The minimum Gasteiger partial charge on any atom is -0.398 e. The van der Waals surface area contributed by atoms with E-state index < -0.39 is 16.1 Å². The maximum Gasteiger partial charge on any atom is 0.244 e. The Morgan fingerprint density at radius 2 is 2.19 bits per heavy atom. The number of ether oxygens (including phenoxy) is 1. The fourth-order valence-corrected chi connectivity index (χ4v) is 5.01. The average molecular weight is 400 g/mol. The third-order valence-electron chi connectivity index (χ3n) is 3.15. The number of aliphatic hydroxyl groups excluding tert-OH is 1. The van der Waals surface area contributed by atoms with Crippen molar-refractivity contribution in [2.45, 2.75) is 24.0 Å². The molecule has 0 aromatic heterocycles. The molecule has 1 aliphatic rings. The Morgan fingerprint density at radius 3 is 2.81 bits per heavy atom. The van der Waals surface area contributed by atoms with E-state index in [0.717, 1.165) is 0 Å². The van der Waals surface area contributed by atoms with Crippen molar-refractivity contribution in [1.29, 1.82) is 0 Å². The van der Waals surface area contributed by atoms with Crippen LogP contribution in [0.5, 0.6) is 0 Å². The van der Waals surface area contributed by atoms with Gasteiger partial charge < -0.3 is 15.6 Å². The number of anilines is 1. The normalized spacial score (nSPS) is 24.2. The molecule has 6 nitrogen and oxygen atoms in total. The maximum atomic E-state index is 12.8. The van der Waals surface area contributed by atoms with Gasteiger partial charge in [-0.15, -0.1) is 0 Å². The van der Waals surface area contributed by atoms with E-state index in [9.17, 15) is 13.5 Å². The number of benzene rings is 1. The minimum absolute atomic E-state index is 0.0123. The first kappa shape index (κ1) is 17.0. The topological polar surface area (TPSA) is 92.9 Å². The summed E-state index contributed by atoms with van der Waals surface area (Å²) in [6.45, 7) is 1.81. The van der Waals surface area contributed by atoms with Crippen LogP contribution in [0.3, 0.4) is 0 Å². The van der Waals surface area contributed by atoms with Crippen LogP contribution in [0.15, 0.2) is 21.5 Å². The van der Waals surface area contributed by atoms with E-state index >= 15 is 0 Å². The van der Waals surface area contributed by atoms with Gasteiger partial charge in [0, 0.05) is 23.8 Å². The van der Waals surface area contributed by atoms with Crippen molar-refractivity contribution in [3.8, 4) is 0 Å². The van der Waals surface area contributed by atoms with Crippen molar-refractivity contribution < 1.29 is 18.3 Å². The zero-order valence-electron chi connectivity index (χ0n) is 11.3. The lowest BCUT2D eigenvalue weighted by Gasteiger charge is -2.35. The van der Waals surface area contributed by atoms with Crippen LogP contribution >= 0.6 is 27.5 Å². The van der Waals surface area contributed by atoms with E-state index in [1.165, 1.54) is 16.4 Å². The van der Waals surface area contributed by atoms with Crippen molar-refractivity contribution in [3.05, 3.63) is 21.6 Å². The molecule has 0 amide bonds. The van der Waals surface area contributed by atoms with Gasteiger partial charge in [-0.05, 0) is 35.0 Å². The molecule has 0 bridgehead atoms. The largest absolute Gasteiger partial charge is 0.398 e. The summed E-state index contributed by atoms with van der Waals surface area (Å²) in [5, 5.41) is 9.45. The molecule has 0 spiro atoms. The van der Waals surface area contributed by atoms with Gasteiger partial charge in [-0.1, -0.05) is 11.6 Å². The van der Waals surface area contributed by atoms with Gasteiger partial charge in [0.25, 0.3) is 0 Å². The molecule has 1 aliphatic heterocycles. The Kier molecular flexibility index (Phi) is 5.17. The van der Waals surface area contributed by atoms with Crippen LogP contribution in [0.4, 0.5) is 5.69 Å². The first-order valence-electron chi connectivity index (χ1n) is 6.26. The number of hydrogen-bond donors (Lipinski definition) is 2. The number of aliphatic hydroxyl groups is 1. The zero-order chi connectivity index (χ0) is 15.8. The highest BCUT2D eigenvalue weighted by atomic mass is 79.9. The summed E-state index contributed by atoms with van der Waals surface area (Å²) in [7, 11) is -3.78. The van der Waals surface area contributed by atoms with E-state index in [2.05, 4.69) is 15.9 Å². The lowest BCUT2D eigenvalue weighted by atomic mass is 10.2. The molecular weight excluding hydrogens is 384 g/mol. The molecular formula is C12H16BrClN2O4S. The van der Waals surface area contributed by atoms with Crippen molar-refractivity contribution in [2.75, 3.05) is 25.4 Å². The fraction of sp³-hybridized carbons (Fsp3) is 0.500. The molecule has 1 heterocycles. The molecule has 0 saturated carbocycles. The number of morpholine rings is 1. The van der Waals surface area contributed by atoms with E-state index in [0.29, 0.717) is 0 Å². The quantitative estimate of drug-likeness (QED) is 0.751. The molecule has 3 N–H and O–H groups in total. The van der Waals surface area contributed by atoms with Gasteiger partial charge in [-0.2, -0.15) is 4.31 Å². The SMILES string of the molecule is CC1CN(S(=O)(=O)c2cc(Cl)cc(N)c2Br)CC(CO)O1. The van der Waals surface area contributed by atoms with Crippen LogP contribution in [-0.4, -0.2) is 49.7 Å². The zero-order valence-corrected chi connectivity index (χ0v) is 14.4. The van der Waals surface area contributed by atoms with Gasteiger partial charge in [-0.3, -0.25) is 0 Å². The van der Waals surface area contributed by atoms with Gasteiger partial charge in [-0.25, -0.2) is 8.42 Å². The summed E-state index contributed by atoms with van der Waals surface area (Å²) < 4.78 is 32.5. The number of nitrogen functional groups attached to an aromatic ring is 1. The van der Waals surface area contributed by atoms with Crippen LogP contribution in [0.2, 0.25) is 5.02 Å². The first-order chi connectivity index (χ1) is 9.75. The smallest absolute Gasteiger partial charge is 0.244 e. The number of sulfonamides is 1. The van der Waals surface area contributed by atoms with Gasteiger partial charge >= 0.3 is 0 Å². The molecule has 1 aromatic rings. The summed E-state index contributed by atoms with van der Waals surface area (Å²) in [4.78, 5) is 0.0123. The highest BCUT2D eigenvalue weighted by molar-refractivity contribution is 9.10. The second-order valence-corrected chi connectivity index (χ2v) is 8.02. The molecule has 9 heteroatoms. The van der Waals surface area contributed by atoms with E-state index in [-0.39, 0.29) is 45.9 Å². The molecule has 118 valence electrons. The molecule has 2 unspecified atom stereocenters. The summed E-state index contributed by atoms with van der Waals surface area (Å²) in [6.07, 6.45) is -0.847. The summed E-state index contributed by atoms with van der Waals surface area (Å²) >= 11 is 9.10. The molecule has 1 aromatic carbocycles. The summed E-state index contributed by atoms with van der Waals surface area (Å²) in [5.74, 6) is 0. The molecule has 21 heavy (non-hydrogen) atoms. The number of rotatable bonds is 3. The van der Waals surface area contributed by atoms with Crippen LogP contribution in [-0.2, 0) is 14.8 Å². The van der Waals surface area contributed by atoms with Crippen molar-refractivity contribution in [3.63, 3.8) is 0 Å². The first-order valence-corrected chi connectivity index (χ1v) is 8.87. The van der Waals surface area contributed by atoms with Crippen LogP contribution in [0, 0.1) is 0 Å². The molecule has 2 atom stereocenters. The predicted octanol–water partition coefficient (Wildman–Crippen LogP) is 1.46. The predicted molar refractivity (Wildman–Crippen MR) is 83.7 cm³/mol. The monoisotopic (exact) mass is 398 g/mol. The lowest BCUT2D eigenvalue weighted by molar-refractivity contribution is -0.0750. The third-order valence-corrected chi connectivity index (χ3v) is 6.37. The van der Waals surface area contributed by atoms with Crippen LogP contribution < -0.4 is 5.73 Å². The average Bonchev–Trinajstić information content (AvgIpc) is 2.41. The Bertz CT molecular complexity index is 640. The van der Waals surface area contributed by atoms with Gasteiger partial charge in [0.15, 0.2) is 0 Å². The maximum absolute atomic E-state index is 12.8. The molecule has 0 aliphatic carbocycles. The second kappa shape index (κ2) is 6.39. The summed E-state index contributed by atoms with van der Waals surface area (Å²) in [6, 6.07) is 2.83.